The van der Waals surface area contributed by atoms with Crippen LogP contribution < -0.4 is 10.0 Å². The second-order valence-electron chi connectivity index (χ2n) is 3.43. The van der Waals surface area contributed by atoms with Gasteiger partial charge in [-0.15, -0.1) is 0 Å². The molecule has 1 aliphatic rings. The quantitative estimate of drug-likeness (QED) is 0.633. The highest BCUT2D eigenvalue weighted by Gasteiger charge is 2.22. The Labute approximate surface area is 88.4 Å². The van der Waals surface area contributed by atoms with E-state index in [1.165, 1.54) is 0 Å². The summed E-state index contributed by atoms with van der Waals surface area (Å²) in [5, 5.41) is 2.98. The summed E-state index contributed by atoms with van der Waals surface area (Å²) in [5.74, 6) is 0. The van der Waals surface area contributed by atoms with Crippen molar-refractivity contribution in [1.82, 2.24) is 10.0 Å². The van der Waals surface area contributed by atoms with Crippen molar-refractivity contribution in [2.45, 2.75) is 12.6 Å². The van der Waals surface area contributed by atoms with Crippen LogP contribution in [-0.4, -0.2) is 19.5 Å². The molecule has 1 heterocycles. The largest absolute Gasteiger partial charge is 0.334 e. The van der Waals surface area contributed by atoms with Crippen LogP contribution in [0.2, 0.25) is 0 Å². The zero-order valence-corrected chi connectivity index (χ0v) is 8.79. The van der Waals surface area contributed by atoms with Crippen LogP contribution >= 0.6 is 0 Å². The van der Waals surface area contributed by atoms with Crippen molar-refractivity contribution in [1.29, 1.82) is 0 Å². The highest BCUT2D eigenvalue weighted by Crippen LogP contribution is 2.20. The van der Waals surface area contributed by atoms with Crippen molar-refractivity contribution in [2.24, 2.45) is 0 Å². The molecule has 0 aliphatic carbocycles. The highest BCUT2D eigenvalue weighted by atomic mass is 32.2. The van der Waals surface area contributed by atoms with E-state index in [0.29, 0.717) is 6.54 Å². The molecule has 6 heteroatoms. The first-order valence-electron chi connectivity index (χ1n) is 4.62. The fourth-order valence-electron chi connectivity index (χ4n) is 1.76. The fraction of sp³-hybridized carbons (Fsp3) is 0.333. The summed E-state index contributed by atoms with van der Waals surface area (Å²) in [7, 11) is -4.18. The first-order valence-corrected chi connectivity index (χ1v) is 6.06. The summed E-state index contributed by atoms with van der Waals surface area (Å²) < 4.78 is 32.3. The summed E-state index contributed by atoms with van der Waals surface area (Å²) in [5.41, 5.74) is 1.96. The standard InChI is InChI=1S/C9H12N2O3S/c12-15(13,14)11-9-8-4-2-1-3-7(8)5-6-10-9/h1-4,9-11H,5-6H2,(H,12,13,14). The lowest BCUT2D eigenvalue weighted by Gasteiger charge is -2.26. The summed E-state index contributed by atoms with van der Waals surface area (Å²) in [6.07, 6.45) is 0.324. The topological polar surface area (TPSA) is 78.4 Å². The monoisotopic (exact) mass is 228 g/mol. The van der Waals surface area contributed by atoms with Gasteiger partial charge in [-0.2, -0.15) is 13.1 Å². The van der Waals surface area contributed by atoms with E-state index < -0.39 is 16.5 Å². The van der Waals surface area contributed by atoms with Gasteiger partial charge >= 0.3 is 10.3 Å². The van der Waals surface area contributed by atoms with Crippen molar-refractivity contribution in [3.05, 3.63) is 35.4 Å². The average Bonchev–Trinajstić information content (AvgIpc) is 2.16. The van der Waals surface area contributed by atoms with Crippen LogP contribution in [0.1, 0.15) is 17.3 Å². The zero-order chi connectivity index (χ0) is 10.9. The Bertz CT molecular complexity index is 458. The molecule has 5 nitrogen and oxygen atoms in total. The zero-order valence-electron chi connectivity index (χ0n) is 7.97. The number of hydrogen-bond donors (Lipinski definition) is 3. The molecule has 15 heavy (non-hydrogen) atoms. The molecule has 0 saturated heterocycles. The van der Waals surface area contributed by atoms with Gasteiger partial charge in [0.05, 0.1) is 6.17 Å². The molecular formula is C9H12N2O3S. The third kappa shape index (κ3) is 2.54. The van der Waals surface area contributed by atoms with Gasteiger partial charge in [-0.05, 0) is 17.5 Å². The van der Waals surface area contributed by atoms with Crippen molar-refractivity contribution >= 4 is 10.3 Å². The number of benzene rings is 1. The highest BCUT2D eigenvalue weighted by molar-refractivity contribution is 7.83. The Morgan fingerprint density at radius 1 is 1.40 bits per heavy atom. The minimum Gasteiger partial charge on any atom is -0.297 e. The fourth-order valence-corrected chi connectivity index (χ4v) is 2.27. The number of rotatable bonds is 2. The van der Waals surface area contributed by atoms with Crippen molar-refractivity contribution < 1.29 is 13.0 Å². The third-order valence-electron chi connectivity index (χ3n) is 2.38. The molecular weight excluding hydrogens is 216 g/mol. The lowest BCUT2D eigenvalue weighted by atomic mass is 9.99. The maximum atomic E-state index is 10.7. The van der Waals surface area contributed by atoms with E-state index in [0.717, 1.165) is 17.5 Å². The Balaban J connectivity index is 2.30. The van der Waals surface area contributed by atoms with Crippen LogP contribution in [0.5, 0.6) is 0 Å². The molecule has 2 rings (SSSR count). The summed E-state index contributed by atoms with van der Waals surface area (Å²) in [4.78, 5) is 0. The molecule has 3 N–H and O–H groups in total. The predicted molar refractivity (Wildman–Crippen MR) is 55.6 cm³/mol. The van der Waals surface area contributed by atoms with Crippen LogP contribution in [0, 0.1) is 0 Å². The van der Waals surface area contributed by atoms with Gasteiger partial charge in [0.1, 0.15) is 0 Å². The van der Waals surface area contributed by atoms with E-state index in [1.807, 2.05) is 24.3 Å². The summed E-state index contributed by atoms with van der Waals surface area (Å²) in [6.45, 7) is 0.685. The van der Waals surface area contributed by atoms with E-state index in [-0.39, 0.29) is 0 Å². The predicted octanol–water partition coefficient (Wildman–Crippen LogP) is 0.223. The lowest BCUT2D eigenvalue weighted by Crippen LogP contribution is -2.41. The number of hydrogen-bond acceptors (Lipinski definition) is 3. The molecule has 1 aliphatic heterocycles. The Morgan fingerprint density at radius 2 is 2.13 bits per heavy atom. The van der Waals surface area contributed by atoms with E-state index in [2.05, 4.69) is 10.0 Å². The van der Waals surface area contributed by atoms with Gasteiger partial charge in [0, 0.05) is 6.54 Å². The van der Waals surface area contributed by atoms with Gasteiger partial charge in [-0.1, -0.05) is 24.3 Å². The third-order valence-corrected chi connectivity index (χ3v) is 2.91. The van der Waals surface area contributed by atoms with Crippen LogP contribution in [-0.2, 0) is 16.7 Å². The molecule has 1 atom stereocenters. The molecule has 0 radical (unpaired) electrons. The minimum atomic E-state index is -4.18. The maximum absolute atomic E-state index is 10.7. The molecule has 0 amide bonds. The first kappa shape index (κ1) is 10.6. The molecule has 0 saturated carbocycles. The van der Waals surface area contributed by atoms with Crippen LogP contribution in [0.3, 0.4) is 0 Å². The van der Waals surface area contributed by atoms with Gasteiger partial charge in [-0.3, -0.25) is 9.87 Å². The SMILES string of the molecule is O=S(=O)(O)NC1NCCc2ccccc21. The average molecular weight is 228 g/mol. The van der Waals surface area contributed by atoms with Crippen LogP contribution in [0.25, 0.3) is 0 Å². The maximum Gasteiger partial charge on any atom is 0.334 e. The van der Waals surface area contributed by atoms with Gasteiger partial charge in [0.2, 0.25) is 0 Å². The molecule has 82 valence electrons. The summed E-state index contributed by atoms with van der Waals surface area (Å²) >= 11 is 0. The van der Waals surface area contributed by atoms with Crippen LogP contribution in [0.4, 0.5) is 0 Å². The Hall–Kier alpha value is -0.950. The molecule has 1 aromatic rings. The van der Waals surface area contributed by atoms with E-state index in [4.69, 9.17) is 4.55 Å². The Kier molecular flexibility index (Phi) is 2.74. The molecule has 0 fully saturated rings. The molecule has 1 unspecified atom stereocenters. The van der Waals surface area contributed by atoms with Gasteiger partial charge < -0.3 is 0 Å². The van der Waals surface area contributed by atoms with E-state index in [9.17, 15) is 8.42 Å². The molecule has 0 spiro atoms. The number of fused-ring (bicyclic) bond motifs is 1. The second kappa shape index (κ2) is 3.90. The van der Waals surface area contributed by atoms with Gasteiger partial charge in [0.15, 0.2) is 0 Å². The normalized spacial score (nSPS) is 21.0. The minimum absolute atomic E-state index is 0.537. The molecule has 1 aromatic carbocycles. The lowest BCUT2D eigenvalue weighted by molar-refractivity contribution is 0.420. The van der Waals surface area contributed by atoms with Gasteiger partial charge in [0.25, 0.3) is 0 Å². The smallest absolute Gasteiger partial charge is 0.297 e. The van der Waals surface area contributed by atoms with Crippen LogP contribution in [0.15, 0.2) is 24.3 Å². The van der Waals surface area contributed by atoms with E-state index >= 15 is 0 Å². The van der Waals surface area contributed by atoms with Crippen molar-refractivity contribution in [3.8, 4) is 0 Å². The first-order chi connectivity index (χ1) is 7.06. The number of nitrogens with one attached hydrogen (secondary N) is 2. The Morgan fingerprint density at radius 3 is 2.87 bits per heavy atom. The second-order valence-corrected chi connectivity index (χ2v) is 4.61. The molecule has 0 bridgehead atoms. The molecule has 0 aromatic heterocycles. The van der Waals surface area contributed by atoms with Crippen molar-refractivity contribution in [3.63, 3.8) is 0 Å². The van der Waals surface area contributed by atoms with Crippen molar-refractivity contribution in [2.75, 3.05) is 6.54 Å². The van der Waals surface area contributed by atoms with E-state index in [1.54, 1.807) is 0 Å². The van der Waals surface area contributed by atoms with Gasteiger partial charge in [-0.25, -0.2) is 0 Å². The summed E-state index contributed by atoms with van der Waals surface area (Å²) in [6, 6.07) is 7.54.